The van der Waals surface area contributed by atoms with Crippen LogP contribution < -0.4 is 5.32 Å². The summed E-state index contributed by atoms with van der Waals surface area (Å²) in [5.41, 5.74) is 3.73. The molecule has 1 saturated heterocycles. The van der Waals surface area contributed by atoms with E-state index in [1.54, 1.807) is 6.92 Å². The molecule has 1 atom stereocenters. The lowest BCUT2D eigenvalue weighted by Crippen LogP contribution is -2.66. The van der Waals surface area contributed by atoms with Crippen molar-refractivity contribution in [2.75, 3.05) is 40.0 Å². The highest BCUT2D eigenvalue weighted by molar-refractivity contribution is 5.87. The lowest BCUT2D eigenvalue weighted by atomic mass is 9.95. The molecule has 0 unspecified atom stereocenters. The van der Waals surface area contributed by atoms with Crippen molar-refractivity contribution in [2.24, 2.45) is 0 Å². The van der Waals surface area contributed by atoms with Crippen molar-refractivity contribution < 1.29 is 33.7 Å². The zero-order chi connectivity index (χ0) is 24.3. The molecule has 2 aromatic carbocycles. The number of nitrogens with one attached hydrogen (secondary N) is 1. The Morgan fingerprint density at radius 3 is 2.24 bits per heavy atom. The van der Waals surface area contributed by atoms with Gasteiger partial charge in [0.15, 0.2) is 0 Å². The molecule has 180 valence electrons. The fourth-order valence-corrected chi connectivity index (χ4v) is 4.59. The summed E-state index contributed by atoms with van der Waals surface area (Å²) in [5, 5.41) is 11.4. The Labute approximate surface area is 197 Å². The number of methoxy groups -OCH3 is 1. The first-order valence-electron chi connectivity index (χ1n) is 11.1. The number of ether oxygens (including phenoxy) is 3. The number of likely N-dealkylation sites (tertiary alicyclic amines) is 1. The average Bonchev–Trinajstić information content (AvgIpc) is 3.12. The smallest absolute Gasteiger partial charge is 0.407 e. The summed E-state index contributed by atoms with van der Waals surface area (Å²) in [4.78, 5) is 37.7. The molecular formula is C25H28N2O7. The van der Waals surface area contributed by atoms with E-state index in [1.807, 2.05) is 36.4 Å². The molecule has 9 heteroatoms. The number of nitrogens with zero attached hydrogens (tertiary/aromatic N) is 1. The summed E-state index contributed by atoms with van der Waals surface area (Å²) in [6, 6.07) is 15.2. The van der Waals surface area contributed by atoms with Gasteiger partial charge in [-0.15, -0.1) is 0 Å². The standard InChI is InChI=1S/C25H28N2O7/c1-25(34-13-22(28)29)14-27(15-25)23(30)21(12-32-2)26-24(31)33-11-20-18-9-5-3-7-16(18)17-8-4-6-10-19(17)20/h3-10,20-21H,11-15H2,1-2H3,(H,26,31)(H,28,29)/t21-/m0/s1. The Morgan fingerprint density at radius 2 is 1.68 bits per heavy atom. The summed E-state index contributed by atoms with van der Waals surface area (Å²) >= 11 is 0. The molecule has 1 fully saturated rings. The second-order valence-electron chi connectivity index (χ2n) is 8.80. The third-order valence-corrected chi connectivity index (χ3v) is 6.17. The molecule has 1 aliphatic carbocycles. The second kappa shape index (κ2) is 9.82. The number of carbonyl (C=O) groups excluding carboxylic acids is 2. The number of fused-ring (bicyclic) bond motifs is 3. The lowest BCUT2D eigenvalue weighted by molar-refractivity contribution is -0.175. The van der Waals surface area contributed by atoms with E-state index in [1.165, 1.54) is 12.0 Å². The van der Waals surface area contributed by atoms with Crippen LogP contribution in [0.3, 0.4) is 0 Å². The predicted molar refractivity (Wildman–Crippen MR) is 122 cm³/mol. The molecule has 2 aliphatic rings. The van der Waals surface area contributed by atoms with E-state index < -0.39 is 30.3 Å². The van der Waals surface area contributed by atoms with Gasteiger partial charge in [-0.1, -0.05) is 48.5 Å². The van der Waals surface area contributed by atoms with Crippen LogP contribution in [-0.4, -0.2) is 79.6 Å². The average molecular weight is 469 g/mol. The normalized spacial score (nSPS) is 16.7. The van der Waals surface area contributed by atoms with E-state index in [2.05, 4.69) is 17.4 Å². The first kappa shape index (κ1) is 23.7. The third kappa shape index (κ3) is 4.90. The Bertz CT molecular complexity index is 1030. The number of alkyl carbamates (subject to hydrolysis) is 1. The van der Waals surface area contributed by atoms with E-state index in [-0.39, 0.29) is 38.1 Å². The molecule has 0 bridgehead atoms. The quantitative estimate of drug-likeness (QED) is 0.580. The largest absolute Gasteiger partial charge is 0.480 e. The molecule has 9 nitrogen and oxygen atoms in total. The first-order chi connectivity index (χ1) is 16.3. The van der Waals surface area contributed by atoms with Crippen molar-refractivity contribution in [1.29, 1.82) is 0 Å². The van der Waals surface area contributed by atoms with Gasteiger partial charge in [0, 0.05) is 13.0 Å². The van der Waals surface area contributed by atoms with Crippen molar-refractivity contribution in [2.45, 2.75) is 24.5 Å². The van der Waals surface area contributed by atoms with Crippen LogP contribution in [0.25, 0.3) is 11.1 Å². The summed E-state index contributed by atoms with van der Waals surface area (Å²) in [6.07, 6.45) is -0.706. The Hall–Kier alpha value is -3.43. The Kier molecular flexibility index (Phi) is 6.85. The van der Waals surface area contributed by atoms with Crippen LogP contribution in [0, 0.1) is 0 Å². The van der Waals surface area contributed by atoms with Crippen molar-refractivity contribution in [3.63, 3.8) is 0 Å². The van der Waals surface area contributed by atoms with Gasteiger partial charge in [-0.3, -0.25) is 4.79 Å². The molecular weight excluding hydrogens is 440 g/mol. The van der Waals surface area contributed by atoms with Crippen LogP contribution in [0.5, 0.6) is 0 Å². The molecule has 0 aromatic heterocycles. The minimum atomic E-state index is -1.07. The Balaban J connectivity index is 1.34. The van der Waals surface area contributed by atoms with Crippen molar-refractivity contribution in [3.05, 3.63) is 59.7 Å². The van der Waals surface area contributed by atoms with E-state index in [9.17, 15) is 14.4 Å². The zero-order valence-corrected chi connectivity index (χ0v) is 19.2. The molecule has 34 heavy (non-hydrogen) atoms. The predicted octanol–water partition coefficient (Wildman–Crippen LogP) is 2.24. The monoisotopic (exact) mass is 468 g/mol. The van der Waals surface area contributed by atoms with Gasteiger partial charge in [-0.25, -0.2) is 9.59 Å². The van der Waals surface area contributed by atoms with Crippen LogP contribution in [0.2, 0.25) is 0 Å². The number of rotatable bonds is 9. The summed E-state index contributed by atoms with van der Waals surface area (Å²) in [5.74, 6) is -1.50. The van der Waals surface area contributed by atoms with Gasteiger partial charge >= 0.3 is 12.1 Å². The fourth-order valence-electron chi connectivity index (χ4n) is 4.59. The maximum Gasteiger partial charge on any atom is 0.407 e. The van der Waals surface area contributed by atoms with Crippen molar-refractivity contribution in [3.8, 4) is 11.1 Å². The summed E-state index contributed by atoms with van der Waals surface area (Å²) in [7, 11) is 1.44. The second-order valence-corrected chi connectivity index (χ2v) is 8.80. The van der Waals surface area contributed by atoms with Gasteiger partial charge in [-0.05, 0) is 29.2 Å². The topological polar surface area (TPSA) is 114 Å². The van der Waals surface area contributed by atoms with Gasteiger partial charge in [0.2, 0.25) is 5.91 Å². The molecule has 0 radical (unpaired) electrons. The van der Waals surface area contributed by atoms with Crippen molar-refractivity contribution in [1.82, 2.24) is 10.2 Å². The van der Waals surface area contributed by atoms with Crippen molar-refractivity contribution >= 4 is 18.0 Å². The minimum absolute atomic E-state index is 0.0216. The number of hydrogen-bond donors (Lipinski definition) is 2. The molecule has 2 amide bonds. The maximum atomic E-state index is 12.9. The Morgan fingerprint density at radius 1 is 1.09 bits per heavy atom. The highest BCUT2D eigenvalue weighted by Crippen LogP contribution is 2.44. The van der Waals surface area contributed by atoms with Gasteiger partial charge in [0.25, 0.3) is 0 Å². The molecule has 1 heterocycles. The number of carboxylic acid groups (broad SMARTS) is 1. The van der Waals surface area contributed by atoms with E-state index in [0.29, 0.717) is 0 Å². The number of carboxylic acids is 1. The van der Waals surface area contributed by atoms with Gasteiger partial charge < -0.3 is 29.5 Å². The maximum absolute atomic E-state index is 12.9. The van der Waals surface area contributed by atoms with E-state index >= 15 is 0 Å². The molecule has 2 N–H and O–H groups in total. The number of amides is 2. The molecule has 0 spiro atoms. The van der Waals surface area contributed by atoms with Crippen LogP contribution >= 0.6 is 0 Å². The highest BCUT2D eigenvalue weighted by atomic mass is 16.6. The van der Waals surface area contributed by atoms with E-state index in [4.69, 9.17) is 19.3 Å². The number of benzene rings is 2. The zero-order valence-electron chi connectivity index (χ0n) is 19.2. The minimum Gasteiger partial charge on any atom is -0.480 e. The van der Waals surface area contributed by atoms with Gasteiger partial charge in [0.05, 0.1) is 19.7 Å². The van der Waals surface area contributed by atoms with Gasteiger partial charge in [-0.2, -0.15) is 0 Å². The highest BCUT2D eigenvalue weighted by Gasteiger charge is 2.44. The molecule has 2 aromatic rings. The number of carbonyl (C=O) groups is 3. The molecule has 4 rings (SSSR count). The summed E-state index contributed by atoms with van der Waals surface area (Å²) in [6.45, 7) is 1.88. The van der Waals surface area contributed by atoms with E-state index in [0.717, 1.165) is 22.3 Å². The SMILES string of the molecule is COC[C@H](NC(=O)OCC1c2ccccc2-c2ccccc21)C(=O)N1CC(C)(OCC(=O)O)C1. The van der Waals surface area contributed by atoms with Gasteiger partial charge in [0.1, 0.15) is 24.9 Å². The van der Waals surface area contributed by atoms with Crippen LogP contribution in [0.15, 0.2) is 48.5 Å². The molecule has 1 aliphatic heterocycles. The lowest BCUT2D eigenvalue weighted by Gasteiger charge is -2.48. The van der Waals surface area contributed by atoms with Crippen LogP contribution in [-0.2, 0) is 23.8 Å². The third-order valence-electron chi connectivity index (χ3n) is 6.17. The summed E-state index contributed by atoms with van der Waals surface area (Å²) < 4.78 is 16.0. The fraction of sp³-hybridized carbons (Fsp3) is 0.400. The first-order valence-corrected chi connectivity index (χ1v) is 11.1. The van der Waals surface area contributed by atoms with Crippen LogP contribution in [0.1, 0.15) is 24.0 Å². The van der Waals surface area contributed by atoms with Crippen LogP contribution in [0.4, 0.5) is 4.79 Å². The number of hydrogen-bond acceptors (Lipinski definition) is 6. The molecule has 0 saturated carbocycles. The number of aliphatic carboxylic acids is 1.